The molecule has 0 aliphatic heterocycles. The average Bonchev–Trinajstić information content (AvgIpc) is 2.87. The lowest BCUT2D eigenvalue weighted by Crippen LogP contribution is -2.04. The van der Waals surface area contributed by atoms with Gasteiger partial charge in [0.15, 0.2) is 5.82 Å². The van der Waals surface area contributed by atoms with Crippen LogP contribution < -0.4 is 5.73 Å². The highest BCUT2D eigenvalue weighted by molar-refractivity contribution is 5.62. The van der Waals surface area contributed by atoms with E-state index in [-0.39, 0.29) is 0 Å². The van der Waals surface area contributed by atoms with E-state index in [1.54, 1.807) is 4.68 Å². The third kappa shape index (κ3) is 2.51. The number of nitrogens with two attached hydrogens (primary N) is 1. The smallest absolute Gasteiger partial charge is 0.182 e. The van der Waals surface area contributed by atoms with Crippen LogP contribution in [-0.4, -0.2) is 20.2 Å². The summed E-state index contributed by atoms with van der Waals surface area (Å²) in [6, 6.07) is 15.9. The molecule has 3 aromatic rings. The Morgan fingerprint density at radius 1 is 1.10 bits per heavy atom. The molecule has 0 fully saturated rings. The van der Waals surface area contributed by atoms with Gasteiger partial charge >= 0.3 is 0 Å². The highest BCUT2D eigenvalue weighted by Crippen LogP contribution is 2.21. The van der Waals surface area contributed by atoms with Crippen molar-refractivity contribution in [2.75, 3.05) is 5.73 Å². The summed E-state index contributed by atoms with van der Waals surface area (Å²) in [5, 5.41) is 11.9. The maximum atomic E-state index is 5.89. The number of aryl methyl sites for hydroxylation is 1. The number of hydrogen-bond donors (Lipinski definition) is 1. The van der Waals surface area contributed by atoms with Crippen molar-refractivity contribution in [2.24, 2.45) is 0 Å². The SMILES string of the molecule is Cc1cc(N)cc(-c2nnnn2Cc2ccccc2)c1. The van der Waals surface area contributed by atoms with Crippen molar-refractivity contribution in [3.63, 3.8) is 0 Å². The minimum Gasteiger partial charge on any atom is -0.399 e. The summed E-state index contributed by atoms with van der Waals surface area (Å²) < 4.78 is 1.78. The molecule has 100 valence electrons. The van der Waals surface area contributed by atoms with Crippen LogP contribution in [0.15, 0.2) is 48.5 Å². The summed E-state index contributed by atoms with van der Waals surface area (Å²) in [6.07, 6.45) is 0. The lowest BCUT2D eigenvalue weighted by atomic mass is 10.1. The fraction of sp³-hybridized carbons (Fsp3) is 0.133. The summed E-state index contributed by atoms with van der Waals surface area (Å²) in [6.45, 7) is 2.64. The van der Waals surface area contributed by atoms with Gasteiger partial charge in [0, 0.05) is 11.3 Å². The first-order valence-corrected chi connectivity index (χ1v) is 6.40. The maximum Gasteiger partial charge on any atom is 0.182 e. The second-order valence-electron chi connectivity index (χ2n) is 4.78. The lowest BCUT2D eigenvalue weighted by molar-refractivity contribution is 0.653. The fourth-order valence-electron chi connectivity index (χ4n) is 2.22. The summed E-state index contributed by atoms with van der Waals surface area (Å²) in [5.41, 5.74) is 9.79. The molecule has 0 atom stereocenters. The molecule has 0 aliphatic rings. The third-order valence-corrected chi connectivity index (χ3v) is 3.06. The molecule has 0 saturated carbocycles. The van der Waals surface area contributed by atoms with Crippen LogP contribution in [-0.2, 0) is 6.54 Å². The van der Waals surface area contributed by atoms with E-state index < -0.39 is 0 Å². The Morgan fingerprint density at radius 3 is 2.65 bits per heavy atom. The van der Waals surface area contributed by atoms with Gasteiger partial charge in [-0.05, 0) is 46.7 Å². The molecule has 20 heavy (non-hydrogen) atoms. The van der Waals surface area contributed by atoms with Crippen molar-refractivity contribution in [3.8, 4) is 11.4 Å². The van der Waals surface area contributed by atoms with Gasteiger partial charge in [-0.25, -0.2) is 4.68 Å². The summed E-state index contributed by atoms with van der Waals surface area (Å²) in [7, 11) is 0. The van der Waals surface area contributed by atoms with E-state index in [9.17, 15) is 0 Å². The van der Waals surface area contributed by atoms with Crippen LogP contribution in [0, 0.1) is 6.92 Å². The topological polar surface area (TPSA) is 69.6 Å². The van der Waals surface area contributed by atoms with Gasteiger partial charge in [-0.1, -0.05) is 30.3 Å². The van der Waals surface area contributed by atoms with Crippen LogP contribution in [0.2, 0.25) is 0 Å². The first-order chi connectivity index (χ1) is 9.72. The van der Waals surface area contributed by atoms with Crippen molar-refractivity contribution < 1.29 is 0 Å². The molecule has 2 aromatic carbocycles. The van der Waals surface area contributed by atoms with Crippen molar-refractivity contribution in [3.05, 3.63) is 59.7 Å². The van der Waals surface area contributed by atoms with Gasteiger partial charge in [0.1, 0.15) is 0 Å². The minimum absolute atomic E-state index is 0.636. The molecular formula is C15H15N5. The van der Waals surface area contributed by atoms with E-state index >= 15 is 0 Å². The Bertz CT molecular complexity index is 698. The number of nitrogen functional groups attached to an aromatic ring is 1. The average molecular weight is 265 g/mol. The molecule has 0 amide bonds. The molecule has 2 N–H and O–H groups in total. The monoisotopic (exact) mass is 265 g/mol. The fourth-order valence-corrected chi connectivity index (χ4v) is 2.22. The Kier molecular flexibility index (Phi) is 3.16. The highest BCUT2D eigenvalue weighted by Gasteiger charge is 2.10. The molecule has 5 heteroatoms. The first kappa shape index (κ1) is 12.3. The van der Waals surface area contributed by atoms with Crippen LogP contribution in [0.25, 0.3) is 11.4 Å². The quantitative estimate of drug-likeness (QED) is 0.738. The largest absolute Gasteiger partial charge is 0.399 e. The Labute approximate surface area is 117 Å². The Morgan fingerprint density at radius 2 is 1.90 bits per heavy atom. The molecule has 1 aromatic heterocycles. The van der Waals surface area contributed by atoms with Crippen LogP contribution >= 0.6 is 0 Å². The van der Waals surface area contributed by atoms with Gasteiger partial charge in [0.05, 0.1) is 6.54 Å². The van der Waals surface area contributed by atoms with Gasteiger partial charge in [-0.3, -0.25) is 0 Å². The number of hydrogen-bond acceptors (Lipinski definition) is 4. The third-order valence-electron chi connectivity index (χ3n) is 3.06. The highest BCUT2D eigenvalue weighted by atomic mass is 15.5. The maximum absolute atomic E-state index is 5.89. The zero-order valence-corrected chi connectivity index (χ0v) is 11.2. The zero-order valence-electron chi connectivity index (χ0n) is 11.2. The number of benzene rings is 2. The van der Waals surface area contributed by atoms with Crippen molar-refractivity contribution >= 4 is 5.69 Å². The van der Waals surface area contributed by atoms with Gasteiger partial charge in [-0.15, -0.1) is 5.10 Å². The molecule has 0 spiro atoms. The lowest BCUT2D eigenvalue weighted by Gasteiger charge is -2.06. The molecule has 0 bridgehead atoms. The van der Waals surface area contributed by atoms with Gasteiger partial charge in [0.2, 0.25) is 0 Å². The molecule has 0 aliphatic carbocycles. The van der Waals surface area contributed by atoms with Crippen LogP contribution in [0.3, 0.4) is 0 Å². The van der Waals surface area contributed by atoms with E-state index in [2.05, 4.69) is 27.7 Å². The molecule has 0 saturated heterocycles. The number of rotatable bonds is 3. The van der Waals surface area contributed by atoms with E-state index in [1.807, 2.05) is 43.3 Å². The molecule has 3 rings (SSSR count). The van der Waals surface area contributed by atoms with Crippen molar-refractivity contribution in [1.82, 2.24) is 20.2 Å². The van der Waals surface area contributed by atoms with E-state index in [0.29, 0.717) is 12.2 Å². The number of aromatic nitrogens is 4. The first-order valence-electron chi connectivity index (χ1n) is 6.40. The van der Waals surface area contributed by atoms with Crippen LogP contribution in [0.5, 0.6) is 0 Å². The van der Waals surface area contributed by atoms with E-state index in [1.165, 1.54) is 0 Å². The molecule has 0 radical (unpaired) electrons. The summed E-state index contributed by atoms with van der Waals surface area (Å²) in [4.78, 5) is 0. The molecule has 0 unspecified atom stereocenters. The molecular weight excluding hydrogens is 250 g/mol. The second-order valence-corrected chi connectivity index (χ2v) is 4.78. The predicted octanol–water partition coefficient (Wildman–Crippen LogP) is 2.28. The molecule has 5 nitrogen and oxygen atoms in total. The number of anilines is 1. The Balaban J connectivity index is 1.98. The van der Waals surface area contributed by atoms with Gasteiger partial charge in [-0.2, -0.15) is 0 Å². The van der Waals surface area contributed by atoms with Crippen LogP contribution in [0.4, 0.5) is 5.69 Å². The standard InChI is InChI=1S/C15H15N5/c1-11-7-13(9-14(16)8-11)15-17-18-19-20(15)10-12-5-3-2-4-6-12/h2-9H,10,16H2,1H3. The normalized spacial score (nSPS) is 10.7. The second kappa shape index (κ2) is 5.13. The summed E-state index contributed by atoms with van der Waals surface area (Å²) >= 11 is 0. The van der Waals surface area contributed by atoms with Gasteiger partial charge < -0.3 is 5.73 Å². The number of tetrazole rings is 1. The Hall–Kier alpha value is -2.69. The molecule has 1 heterocycles. The number of nitrogens with zero attached hydrogens (tertiary/aromatic N) is 4. The van der Waals surface area contributed by atoms with E-state index in [0.717, 1.165) is 22.5 Å². The van der Waals surface area contributed by atoms with Crippen LogP contribution in [0.1, 0.15) is 11.1 Å². The summed E-state index contributed by atoms with van der Waals surface area (Å²) in [5.74, 6) is 0.726. The predicted molar refractivity (Wildman–Crippen MR) is 77.9 cm³/mol. The van der Waals surface area contributed by atoms with E-state index in [4.69, 9.17) is 5.73 Å². The van der Waals surface area contributed by atoms with Crippen molar-refractivity contribution in [2.45, 2.75) is 13.5 Å². The van der Waals surface area contributed by atoms with Crippen molar-refractivity contribution in [1.29, 1.82) is 0 Å². The minimum atomic E-state index is 0.636. The van der Waals surface area contributed by atoms with Gasteiger partial charge in [0.25, 0.3) is 0 Å². The zero-order chi connectivity index (χ0) is 13.9.